The van der Waals surface area contributed by atoms with Crippen LogP contribution in [0.25, 0.3) is 0 Å². The monoisotopic (exact) mass is 242 g/mol. The molecule has 0 radical (unpaired) electrons. The van der Waals surface area contributed by atoms with E-state index < -0.39 is 5.41 Å². The Hall–Kier alpha value is -0.860. The lowest BCUT2D eigenvalue weighted by molar-refractivity contribution is -0.153. The van der Waals surface area contributed by atoms with Crippen molar-refractivity contribution < 1.29 is 14.3 Å². The van der Waals surface area contributed by atoms with Crippen LogP contribution in [0.15, 0.2) is 0 Å². The number of hydrogen-bond acceptors (Lipinski definition) is 3. The van der Waals surface area contributed by atoms with Crippen LogP contribution in [0, 0.1) is 5.41 Å². The molecule has 0 saturated carbocycles. The lowest BCUT2D eigenvalue weighted by Crippen LogP contribution is -2.26. The number of ether oxygens (including phenoxy) is 1. The zero-order valence-corrected chi connectivity index (χ0v) is 11.7. The molecule has 0 fully saturated rings. The molecule has 0 rings (SSSR count). The molecule has 0 aliphatic carbocycles. The molecule has 0 aromatic rings. The quantitative estimate of drug-likeness (QED) is 0.459. The first kappa shape index (κ1) is 16.1. The zero-order chi connectivity index (χ0) is 13.3. The van der Waals surface area contributed by atoms with Gasteiger partial charge in [0.05, 0.1) is 12.0 Å². The largest absolute Gasteiger partial charge is 0.466 e. The van der Waals surface area contributed by atoms with Crippen LogP contribution in [0.2, 0.25) is 0 Å². The van der Waals surface area contributed by atoms with Gasteiger partial charge >= 0.3 is 5.97 Å². The van der Waals surface area contributed by atoms with Gasteiger partial charge in [0.2, 0.25) is 0 Å². The van der Waals surface area contributed by atoms with Crippen molar-refractivity contribution in [2.45, 2.75) is 66.2 Å². The summed E-state index contributed by atoms with van der Waals surface area (Å²) in [6.07, 6.45) is 5.06. The fraction of sp³-hybridized carbons (Fsp3) is 0.857. The normalized spacial score (nSPS) is 11.3. The van der Waals surface area contributed by atoms with Crippen molar-refractivity contribution in [2.24, 2.45) is 5.41 Å². The van der Waals surface area contributed by atoms with Crippen LogP contribution in [-0.4, -0.2) is 18.4 Å². The molecule has 0 amide bonds. The van der Waals surface area contributed by atoms with Crippen molar-refractivity contribution in [2.75, 3.05) is 6.61 Å². The van der Waals surface area contributed by atoms with Crippen LogP contribution >= 0.6 is 0 Å². The highest BCUT2D eigenvalue weighted by Gasteiger charge is 2.28. The molecule has 0 unspecified atom stereocenters. The topological polar surface area (TPSA) is 43.4 Å². The van der Waals surface area contributed by atoms with E-state index in [1.54, 1.807) is 0 Å². The summed E-state index contributed by atoms with van der Waals surface area (Å²) in [7, 11) is 0. The molecule has 3 heteroatoms. The first-order chi connectivity index (χ1) is 7.94. The fourth-order valence-electron chi connectivity index (χ4n) is 1.67. The first-order valence-electron chi connectivity index (χ1n) is 6.63. The maximum Gasteiger partial charge on any atom is 0.311 e. The number of Topliss-reactive ketones (excluding diaryl/α,β-unsaturated/α-hetero) is 1. The van der Waals surface area contributed by atoms with Crippen LogP contribution in [0.1, 0.15) is 66.2 Å². The molecule has 0 aromatic carbocycles. The van der Waals surface area contributed by atoms with Gasteiger partial charge in [-0.2, -0.15) is 0 Å². The lowest BCUT2D eigenvalue weighted by Gasteiger charge is -2.21. The maximum absolute atomic E-state index is 11.6. The highest BCUT2D eigenvalue weighted by Crippen LogP contribution is 2.25. The molecular weight excluding hydrogens is 216 g/mol. The van der Waals surface area contributed by atoms with Gasteiger partial charge in [-0.15, -0.1) is 0 Å². The SMILES string of the molecule is CCOC(=O)C(C)(C)CCCCCC(=O)CC. The Morgan fingerprint density at radius 2 is 1.71 bits per heavy atom. The van der Waals surface area contributed by atoms with Crippen LogP contribution in [0.3, 0.4) is 0 Å². The highest BCUT2D eigenvalue weighted by molar-refractivity contribution is 5.77. The average Bonchev–Trinajstić information content (AvgIpc) is 2.28. The molecule has 0 spiro atoms. The van der Waals surface area contributed by atoms with Crippen molar-refractivity contribution in [3.8, 4) is 0 Å². The van der Waals surface area contributed by atoms with E-state index in [2.05, 4.69) is 0 Å². The Kier molecular flexibility index (Phi) is 7.85. The number of rotatable bonds is 9. The van der Waals surface area contributed by atoms with Gasteiger partial charge in [0.1, 0.15) is 5.78 Å². The summed E-state index contributed by atoms with van der Waals surface area (Å²) in [5, 5.41) is 0. The highest BCUT2D eigenvalue weighted by atomic mass is 16.5. The van der Waals surface area contributed by atoms with Crippen LogP contribution in [0.5, 0.6) is 0 Å². The summed E-state index contributed by atoms with van der Waals surface area (Å²) in [6.45, 7) is 7.99. The summed E-state index contributed by atoms with van der Waals surface area (Å²) >= 11 is 0. The van der Waals surface area contributed by atoms with Crippen LogP contribution in [-0.2, 0) is 14.3 Å². The number of esters is 1. The number of hydrogen-bond donors (Lipinski definition) is 0. The van der Waals surface area contributed by atoms with Crippen molar-refractivity contribution >= 4 is 11.8 Å². The second kappa shape index (κ2) is 8.26. The van der Waals surface area contributed by atoms with Crippen molar-refractivity contribution in [1.29, 1.82) is 0 Å². The van der Waals surface area contributed by atoms with Gasteiger partial charge in [0, 0.05) is 12.8 Å². The summed E-state index contributed by atoms with van der Waals surface area (Å²) in [5.74, 6) is 0.208. The number of unbranched alkanes of at least 4 members (excludes halogenated alkanes) is 2. The van der Waals surface area contributed by atoms with Crippen molar-refractivity contribution in [3.05, 3.63) is 0 Å². The Morgan fingerprint density at radius 3 is 2.24 bits per heavy atom. The van der Waals surface area contributed by atoms with E-state index in [0.29, 0.717) is 25.2 Å². The Balaban J connectivity index is 3.72. The minimum atomic E-state index is -0.398. The minimum Gasteiger partial charge on any atom is -0.466 e. The summed E-state index contributed by atoms with van der Waals surface area (Å²) in [5.41, 5.74) is -0.398. The third-order valence-corrected chi connectivity index (χ3v) is 2.98. The fourth-order valence-corrected chi connectivity index (χ4v) is 1.67. The third kappa shape index (κ3) is 7.14. The predicted octanol–water partition coefficient (Wildman–Crippen LogP) is 3.51. The molecule has 0 N–H and O–H groups in total. The van der Waals surface area contributed by atoms with E-state index in [1.807, 2.05) is 27.7 Å². The van der Waals surface area contributed by atoms with Gasteiger partial charge < -0.3 is 4.74 Å². The van der Waals surface area contributed by atoms with Gasteiger partial charge in [-0.25, -0.2) is 0 Å². The summed E-state index contributed by atoms with van der Waals surface area (Å²) < 4.78 is 5.03. The Labute approximate surface area is 105 Å². The zero-order valence-electron chi connectivity index (χ0n) is 11.7. The van der Waals surface area contributed by atoms with Gasteiger partial charge in [-0.1, -0.05) is 19.8 Å². The van der Waals surface area contributed by atoms with Crippen molar-refractivity contribution in [3.63, 3.8) is 0 Å². The Bertz CT molecular complexity index is 244. The molecule has 0 aliphatic heterocycles. The average molecular weight is 242 g/mol. The molecule has 0 aromatic heterocycles. The summed E-state index contributed by atoms with van der Waals surface area (Å²) in [6, 6.07) is 0. The molecule has 0 bridgehead atoms. The van der Waals surface area contributed by atoms with E-state index in [-0.39, 0.29) is 5.97 Å². The number of carbonyl (C=O) groups is 2. The van der Waals surface area contributed by atoms with Gasteiger partial charge in [0.15, 0.2) is 0 Å². The lowest BCUT2D eigenvalue weighted by atomic mass is 9.87. The molecule has 0 atom stereocenters. The van der Waals surface area contributed by atoms with Gasteiger partial charge in [-0.3, -0.25) is 9.59 Å². The second-order valence-corrected chi connectivity index (χ2v) is 5.06. The van der Waals surface area contributed by atoms with E-state index in [1.165, 1.54) is 0 Å². The second-order valence-electron chi connectivity index (χ2n) is 5.06. The smallest absolute Gasteiger partial charge is 0.311 e. The van der Waals surface area contributed by atoms with E-state index in [4.69, 9.17) is 4.74 Å². The van der Waals surface area contributed by atoms with Gasteiger partial charge in [-0.05, 0) is 33.6 Å². The third-order valence-electron chi connectivity index (χ3n) is 2.98. The standard InChI is InChI=1S/C14H26O3/c1-5-12(15)10-8-7-9-11-14(3,4)13(16)17-6-2/h5-11H2,1-4H3. The van der Waals surface area contributed by atoms with E-state index >= 15 is 0 Å². The van der Waals surface area contributed by atoms with Gasteiger partial charge in [0.25, 0.3) is 0 Å². The molecule has 100 valence electrons. The first-order valence-corrected chi connectivity index (χ1v) is 6.63. The van der Waals surface area contributed by atoms with E-state index in [9.17, 15) is 9.59 Å². The van der Waals surface area contributed by atoms with Crippen molar-refractivity contribution in [1.82, 2.24) is 0 Å². The summed E-state index contributed by atoms with van der Waals surface area (Å²) in [4.78, 5) is 22.7. The molecule has 0 heterocycles. The molecule has 0 saturated heterocycles. The number of carbonyl (C=O) groups excluding carboxylic acids is 2. The minimum absolute atomic E-state index is 0.121. The molecule has 0 aliphatic rings. The molecule has 3 nitrogen and oxygen atoms in total. The van der Waals surface area contributed by atoms with E-state index in [0.717, 1.165) is 25.7 Å². The van der Waals surface area contributed by atoms with Crippen LogP contribution < -0.4 is 0 Å². The number of ketones is 1. The molecule has 17 heavy (non-hydrogen) atoms. The van der Waals surface area contributed by atoms with Crippen LogP contribution in [0.4, 0.5) is 0 Å². The molecular formula is C14H26O3. The predicted molar refractivity (Wildman–Crippen MR) is 68.8 cm³/mol. The maximum atomic E-state index is 11.6. The Morgan fingerprint density at radius 1 is 1.06 bits per heavy atom.